The molecule has 0 spiro atoms. The summed E-state index contributed by atoms with van der Waals surface area (Å²) in [5.41, 5.74) is -0.630. The van der Waals surface area contributed by atoms with Crippen molar-refractivity contribution in [1.29, 1.82) is 0 Å². The molecule has 0 radical (unpaired) electrons. The number of sulfonamides is 1. The van der Waals surface area contributed by atoms with Crippen molar-refractivity contribution in [2.24, 2.45) is 5.92 Å². The van der Waals surface area contributed by atoms with Gasteiger partial charge in [0.15, 0.2) is 4.90 Å². The molecule has 0 aliphatic carbocycles. The number of ether oxygens (including phenoxy) is 1. The normalized spacial score (nSPS) is 12.9. The topological polar surface area (TPSA) is 127 Å². The number of carboxylic acid groups (broad SMARTS) is 1. The number of hydrogen-bond donors (Lipinski definition) is 1. The van der Waals surface area contributed by atoms with E-state index in [9.17, 15) is 23.3 Å². The van der Waals surface area contributed by atoms with Crippen molar-refractivity contribution < 1.29 is 28.0 Å². The molecule has 1 aromatic rings. The van der Waals surface area contributed by atoms with Gasteiger partial charge in [-0.1, -0.05) is 6.92 Å². The van der Waals surface area contributed by atoms with Gasteiger partial charge in [-0.2, -0.15) is 4.31 Å². The van der Waals surface area contributed by atoms with Crippen molar-refractivity contribution in [3.8, 4) is 5.75 Å². The van der Waals surface area contributed by atoms with Gasteiger partial charge in [-0.3, -0.25) is 14.9 Å². The summed E-state index contributed by atoms with van der Waals surface area (Å²) in [7, 11) is -1.73. The molecule has 10 heteroatoms. The van der Waals surface area contributed by atoms with Crippen LogP contribution in [-0.2, 0) is 14.8 Å². The number of carboxylic acids is 1. The number of rotatable bonds is 7. The van der Waals surface area contributed by atoms with E-state index in [0.717, 1.165) is 16.4 Å². The van der Waals surface area contributed by atoms with Gasteiger partial charge in [0.05, 0.1) is 24.0 Å². The third kappa shape index (κ3) is 3.71. The van der Waals surface area contributed by atoms with E-state index in [-0.39, 0.29) is 12.3 Å². The highest BCUT2D eigenvalue weighted by atomic mass is 32.2. The number of carbonyl (C=O) groups is 1. The van der Waals surface area contributed by atoms with Crippen molar-refractivity contribution in [1.82, 2.24) is 4.31 Å². The molecule has 0 amide bonds. The zero-order valence-electron chi connectivity index (χ0n) is 12.2. The number of hydrogen-bond acceptors (Lipinski definition) is 6. The molecule has 0 bridgehead atoms. The van der Waals surface area contributed by atoms with Gasteiger partial charge >= 0.3 is 5.97 Å². The minimum absolute atomic E-state index is 0.146. The summed E-state index contributed by atoms with van der Waals surface area (Å²) in [6, 6.07) is 3.35. The zero-order valence-corrected chi connectivity index (χ0v) is 13.0. The second-order valence-corrected chi connectivity index (χ2v) is 6.63. The third-order valence-electron chi connectivity index (χ3n) is 3.00. The highest BCUT2D eigenvalue weighted by Gasteiger charge is 2.31. The SMILES string of the molecule is COc1ccc(S(=O)(=O)N(C)CC(C)C(=O)O)c([N+](=O)[O-])c1. The Morgan fingerprint density at radius 3 is 2.55 bits per heavy atom. The smallest absolute Gasteiger partial charge is 0.307 e. The molecule has 0 fully saturated rings. The minimum atomic E-state index is -4.20. The van der Waals surface area contributed by atoms with E-state index < -0.39 is 37.4 Å². The lowest BCUT2D eigenvalue weighted by Crippen LogP contribution is -2.34. The van der Waals surface area contributed by atoms with Gasteiger partial charge in [0.25, 0.3) is 5.69 Å². The van der Waals surface area contributed by atoms with E-state index in [1.807, 2.05) is 0 Å². The summed E-state index contributed by atoms with van der Waals surface area (Å²) in [5.74, 6) is -1.96. The summed E-state index contributed by atoms with van der Waals surface area (Å²) >= 11 is 0. The van der Waals surface area contributed by atoms with E-state index >= 15 is 0 Å². The van der Waals surface area contributed by atoms with E-state index in [1.54, 1.807) is 0 Å². The molecule has 0 saturated heterocycles. The minimum Gasteiger partial charge on any atom is -0.497 e. The van der Waals surface area contributed by atoms with E-state index in [4.69, 9.17) is 9.84 Å². The average Bonchev–Trinajstić information content (AvgIpc) is 2.45. The molecule has 1 aromatic carbocycles. The lowest BCUT2D eigenvalue weighted by Gasteiger charge is -2.19. The molecular formula is C12H16N2O7S. The Morgan fingerprint density at radius 1 is 1.50 bits per heavy atom. The van der Waals surface area contributed by atoms with Crippen LogP contribution in [0.15, 0.2) is 23.1 Å². The number of benzene rings is 1. The van der Waals surface area contributed by atoms with Gasteiger partial charge in [-0.05, 0) is 12.1 Å². The van der Waals surface area contributed by atoms with Gasteiger partial charge < -0.3 is 9.84 Å². The number of nitro benzene ring substituents is 1. The number of aliphatic carboxylic acids is 1. The maximum Gasteiger partial charge on any atom is 0.307 e. The quantitative estimate of drug-likeness (QED) is 0.581. The van der Waals surface area contributed by atoms with Crippen molar-refractivity contribution in [3.05, 3.63) is 28.3 Å². The van der Waals surface area contributed by atoms with Crippen LogP contribution in [0.4, 0.5) is 5.69 Å². The molecule has 0 aromatic heterocycles. The van der Waals surface area contributed by atoms with Crippen molar-refractivity contribution in [2.75, 3.05) is 20.7 Å². The number of nitro groups is 1. The van der Waals surface area contributed by atoms with Crippen molar-refractivity contribution in [3.63, 3.8) is 0 Å². The highest BCUT2D eigenvalue weighted by molar-refractivity contribution is 7.89. The molecule has 1 atom stereocenters. The fourth-order valence-corrected chi connectivity index (χ4v) is 3.11. The Balaban J connectivity index is 3.28. The van der Waals surface area contributed by atoms with Gasteiger partial charge in [0.1, 0.15) is 5.75 Å². The monoisotopic (exact) mass is 332 g/mol. The fourth-order valence-electron chi connectivity index (χ4n) is 1.71. The Hall–Kier alpha value is -2.20. The first kappa shape index (κ1) is 17.9. The maximum atomic E-state index is 12.4. The van der Waals surface area contributed by atoms with Crippen LogP contribution in [0.2, 0.25) is 0 Å². The van der Waals surface area contributed by atoms with Gasteiger partial charge in [-0.15, -0.1) is 0 Å². The lowest BCUT2D eigenvalue weighted by atomic mass is 10.2. The molecule has 0 aliphatic rings. The molecule has 9 nitrogen and oxygen atoms in total. The molecule has 122 valence electrons. The average molecular weight is 332 g/mol. The van der Waals surface area contributed by atoms with Crippen LogP contribution < -0.4 is 4.74 Å². The summed E-state index contributed by atoms with van der Waals surface area (Å²) in [6.45, 7) is 1.04. The highest BCUT2D eigenvalue weighted by Crippen LogP contribution is 2.30. The van der Waals surface area contributed by atoms with E-state index in [1.165, 1.54) is 27.1 Å². The summed E-state index contributed by atoms with van der Waals surface area (Å²) in [6.07, 6.45) is 0. The fraction of sp³-hybridized carbons (Fsp3) is 0.417. The molecular weight excluding hydrogens is 316 g/mol. The van der Waals surface area contributed by atoms with E-state index in [0.29, 0.717) is 0 Å². The maximum absolute atomic E-state index is 12.4. The molecule has 1 rings (SSSR count). The largest absolute Gasteiger partial charge is 0.497 e. The summed E-state index contributed by atoms with van der Waals surface area (Å²) in [4.78, 5) is 20.5. The second kappa shape index (κ2) is 6.71. The Morgan fingerprint density at radius 2 is 2.09 bits per heavy atom. The van der Waals surface area contributed by atoms with Gasteiger partial charge in [0, 0.05) is 13.6 Å². The first-order valence-corrected chi connectivity index (χ1v) is 7.56. The summed E-state index contributed by atoms with van der Waals surface area (Å²) in [5, 5.41) is 19.9. The van der Waals surface area contributed by atoms with Crippen LogP contribution in [-0.4, -0.2) is 49.4 Å². The van der Waals surface area contributed by atoms with Crippen LogP contribution in [0.3, 0.4) is 0 Å². The first-order chi connectivity index (χ1) is 10.1. The first-order valence-electron chi connectivity index (χ1n) is 6.12. The molecule has 0 aliphatic heterocycles. The van der Waals surface area contributed by atoms with Crippen LogP contribution in [0.25, 0.3) is 0 Å². The van der Waals surface area contributed by atoms with Gasteiger partial charge in [-0.25, -0.2) is 8.42 Å². The van der Waals surface area contributed by atoms with Gasteiger partial charge in [0.2, 0.25) is 10.0 Å². The second-order valence-electron chi connectivity index (χ2n) is 4.62. The molecule has 1 N–H and O–H groups in total. The Bertz CT molecular complexity index is 687. The number of nitrogens with zero attached hydrogens (tertiary/aromatic N) is 2. The zero-order chi connectivity index (χ0) is 17.1. The molecule has 1 unspecified atom stereocenters. The lowest BCUT2D eigenvalue weighted by molar-refractivity contribution is -0.387. The van der Waals surface area contributed by atoms with Crippen LogP contribution >= 0.6 is 0 Å². The summed E-state index contributed by atoms with van der Waals surface area (Å²) < 4.78 is 30.4. The molecule has 22 heavy (non-hydrogen) atoms. The number of methoxy groups -OCH3 is 1. The Labute approximate surface area is 127 Å². The molecule has 0 saturated carbocycles. The van der Waals surface area contributed by atoms with Crippen molar-refractivity contribution in [2.45, 2.75) is 11.8 Å². The van der Waals surface area contributed by atoms with Crippen LogP contribution in [0.5, 0.6) is 5.75 Å². The predicted octanol–water partition coefficient (Wildman–Crippen LogP) is 0.945. The van der Waals surface area contributed by atoms with E-state index in [2.05, 4.69) is 0 Å². The third-order valence-corrected chi connectivity index (χ3v) is 4.87. The Kier molecular flexibility index (Phi) is 5.44. The van der Waals surface area contributed by atoms with Crippen molar-refractivity contribution >= 4 is 21.7 Å². The predicted molar refractivity (Wildman–Crippen MR) is 76.3 cm³/mol. The van der Waals surface area contributed by atoms with Crippen LogP contribution in [0.1, 0.15) is 6.92 Å². The standard InChI is InChI=1S/C12H16N2O7S/c1-8(12(15)16)7-13(2)22(19,20)11-5-4-9(21-3)6-10(11)14(17)18/h4-6,8H,7H2,1-3H3,(H,15,16). The molecule has 0 heterocycles. The van der Waals surface area contributed by atoms with Crippen LogP contribution in [0, 0.1) is 16.0 Å².